The van der Waals surface area contributed by atoms with Crippen molar-refractivity contribution in [3.63, 3.8) is 0 Å². The van der Waals surface area contributed by atoms with E-state index in [0.717, 1.165) is 11.1 Å². The van der Waals surface area contributed by atoms with E-state index in [9.17, 15) is 9.59 Å². The van der Waals surface area contributed by atoms with E-state index < -0.39 is 6.04 Å². The number of hydrogen-bond donors (Lipinski definition) is 1. The molecule has 0 saturated heterocycles. The van der Waals surface area contributed by atoms with Crippen LogP contribution in [0.1, 0.15) is 24.5 Å². The van der Waals surface area contributed by atoms with Gasteiger partial charge >= 0.3 is 0 Å². The number of methoxy groups -OCH3 is 3. The molecule has 0 unspecified atom stereocenters. The molecule has 0 aliphatic rings. The second-order valence-electron chi connectivity index (χ2n) is 7.33. The van der Waals surface area contributed by atoms with Crippen LogP contribution in [-0.2, 0) is 27.3 Å². The van der Waals surface area contributed by atoms with E-state index in [1.807, 2.05) is 18.2 Å². The fraction of sp³-hybridized carbons (Fsp3) is 0.417. The van der Waals surface area contributed by atoms with Gasteiger partial charge in [0.1, 0.15) is 6.04 Å². The van der Waals surface area contributed by atoms with E-state index in [0.29, 0.717) is 36.1 Å². The van der Waals surface area contributed by atoms with E-state index in [-0.39, 0.29) is 24.8 Å². The molecule has 0 heterocycles. The summed E-state index contributed by atoms with van der Waals surface area (Å²) in [6.45, 7) is 3.06. The number of nitrogens with one attached hydrogen (secondary N) is 1. The van der Waals surface area contributed by atoms with E-state index in [4.69, 9.17) is 25.8 Å². The molecule has 2 aromatic carbocycles. The number of rotatable bonds is 12. The summed E-state index contributed by atoms with van der Waals surface area (Å²) in [7, 11) is 4.72. The first kappa shape index (κ1) is 25.5. The van der Waals surface area contributed by atoms with Gasteiger partial charge in [0, 0.05) is 31.8 Å². The highest BCUT2D eigenvalue weighted by Crippen LogP contribution is 2.28. The van der Waals surface area contributed by atoms with Crippen molar-refractivity contribution in [2.45, 2.75) is 32.4 Å². The monoisotopic (exact) mass is 462 g/mol. The van der Waals surface area contributed by atoms with Crippen molar-refractivity contribution in [2.75, 3.05) is 34.5 Å². The van der Waals surface area contributed by atoms with Crippen LogP contribution in [-0.4, -0.2) is 57.2 Å². The van der Waals surface area contributed by atoms with Crippen LogP contribution >= 0.6 is 11.6 Å². The summed E-state index contributed by atoms with van der Waals surface area (Å²) in [5.74, 6) is 0.749. The molecule has 0 spiro atoms. The van der Waals surface area contributed by atoms with Gasteiger partial charge in [-0.3, -0.25) is 9.59 Å². The maximum absolute atomic E-state index is 13.3. The maximum Gasteiger partial charge on any atom is 0.242 e. The highest BCUT2D eigenvalue weighted by Gasteiger charge is 2.26. The topological polar surface area (TPSA) is 77.1 Å². The average molecular weight is 463 g/mol. The molecule has 1 atom stereocenters. The van der Waals surface area contributed by atoms with Crippen molar-refractivity contribution < 1.29 is 23.8 Å². The van der Waals surface area contributed by atoms with E-state index >= 15 is 0 Å². The Morgan fingerprint density at radius 3 is 2.28 bits per heavy atom. The zero-order valence-electron chi connectivity index (χ0n) is 19.0. The summed E-state index contributed by atoms with van der Waals surface area (Å²) < 4.78 is 15.6. The van der Waals surface area contributed by atoms with Crippen molar-refractivity contribution in [3.05, 3.63) is 58.6 Å². The number of halogens is 1. The minimum absolute atomic E-state index is 0.120. The Balaban J connectivity index is 2.19. The minimum Gasteiger partial charge on any atom is -0.493 e. The van der Waals surface area contributed by atoms with Crippen LogP contribution < -0.4 is 14.8 Å². The highest BCUT2D eigenvalue weighted by atomic mass is 35.5. The SMILES string of the molecule is COCCCNC(=O)[C@@H](C)N(Cc1ccc(Cl)cc1)C(=O)Cc1ccc(OC)c(OC)c1. The van der Waals surface area contributed by atoms with Crippen LogP contribution in [0.5, 0.6) is 11.5 Å². The standard InChI is InChI=1S/C24H31ClN2O5/c1-17(24(29)26-12-5-13-30-2)27(16-18-6-9-20(25)10-7-18)23(28)15-19-8-11-21(31-3)22(14-19)32-4/h6-11,14,17H,5,12-13,15-16H2,1-4H3,(H,26,29)/t17-/m1/s1. The predicted molar refractivity (Wildman–Crippen MR) is 124 cm³/mol. The number of amides is 2. The molecule has 32 heavy (non-hydrogen) atoms. The van der Waals surface area contributed by atoms with Gasteiger partial charge in [0.2, 0.25) is 11.8 Å². The quantitative estimate of drug-likeness (QED) is 0.489. The molecule has 2 rings (SSSR count). The molecule has 174 valence electrons. The normalized spacial score (nSPS) is 11.5. The number of nitrogens with zero attached hydrogens (tertiary/aromatic N) is 1. The van der Waals surface area contributed by atoms with Gasteiger partial charge in [-0.1, -0.05) is 29.8 Å². The predicted octanol–water partition coefficient (Wildman–Crippen LogP) is 3.47. The fourth-order valence-corrected chi connectivity index (χ4v) is 3.34. The zero-order chi connectivity index (χ0) is 23.5. The van der Waals surface area contributed by atoms with Crippen molar-refractivity contribution in [2.24, 2.45) is 0 Å². The Morgan fingerprint density at radius 1 is 1.00 bits per heavy atom. The number of hydrogen-bond acceptors (Lipinski definition) is 5. The average Bonchev–Trinajstić information content (AvgIpc) is 2.80. The lowest BCUT2D eigenvalue weighted by Gasteiger charge is -2.29. The Hall–Kier alpha value is -2.77. The Bertz CT molecular complexity index is 888. The van der Waals surface area contributed by atoms with Gasteiger partial charge in [-0.2, -0.15) is 0 Å². The molecule has 7 nitrogen and oxygen atoms in total. The molecule has 0 bridgehead atoms. The fourth-order valence-electron chi connectivity index (χ4n) is 3.21. The van der Waals surface area contributed by atoms with Gasteiger partial charge in [0.15, 0.2) is 11.5 Å². The van der Waals surface area contributed by atoms with E-state index in [2.05, 4.69) is 5.32 Å². The Kier molecular flexibility index (Phi) is 10.3. The van der Waals surface area contributed by atoms with Gasteiger partial charge < -0.3 is 24.4 Å². The molecule has 0 aliphatic carbocycles. The third-order valence-electron chi connectivity index (χ3n) is 5.06. The number of carbonyl (C=O) groups excluding carboxylic acids is 2. The van der Waals surface area contributed by atoms with Crippen molar-refractivity contribution in [3.8, 4) is 11.5 Å². The van der Waals surface area contributed by atoms with Gasteiger partial charge in [0.25, 0.3) is 0 Å². The lowest BCUT2D eigenvalue weighted by molar-refractivity contribution is -0.140. The van der Waals surface area contributed by atoms with E-state index in [1.165, 1.54) is 0 Å². The van der Waals surface area contributed by atoms with Gasteiger partial charge in [0.05, 0.1) is 20.6 Å². The molecule has 0 aliphatic heterocycles. The Labute approximate surface area is 194 Å². The van der Waals surface area contributed by atoms with Crippen molar-refractivity contribution in [1.82, 2.24) is 10.2 Å². The van der Waals surface area contributed by atoms with Crippen LogP contribution in [0, 0.1) is 0 Å². The summed E-state index contributed by atoms with van der Waals surface area (Å²) in [4.78, 5) is 27.6. The second-order valence-corrected chi connectivity index (χ2v) is 7.76. The maximum atomic E-state index is 13.3. The number of ether oxygens (including phenoxy) is 3. The number of carbonyl (C=O) groups is 2. The minimum atomic E-state index is -0.652. The summed E-state index contributed by atoms with van der Waals surface area (Å²) in [5.41, 5.74) is 1.65. The molecule has 0 radical (unpaired) electrons. The largest absolute Gasteiger partial charge is 0.493 e. The van der Waals surface area contributed by atoms with Crippen molar-refractivity contribution >= 4 is 23.4 Å². The summed E-state index contributed by atoms with van der Waals surface area (Å²) in [6.07, 6.45) is 0.820. The summed E-state index contributed by atoms with van der Waals surface area (Å²) in [6, 6.07) is 11.9. The second kappa shape index (κ2) is 12.9. The molecular weight excluding hydrogens is 432 g/mol. The smallest absolute Gasteiger partial charge is 0.242 e. The van der Waals surface area contributed by atoms with Gasteiger partial charge in [-0.25, -0.2) is 0 Å². The van der Waals surface area contributed by atoms with Crippen LogP contribution in [0.3, 0.4) is 0 Å². The van der Waals surface area contributed by atoms with Crippen LogP contribution in [0.25, 0.3) is 0 Å². The molecule has 0 fully saturated rings. The first-order valence-electron chi connectivity index (χ1n) is 10.4. The third-order valence-corrected chi connectivity index (χ3v) is 5.31. The van der Waals surface area contributed by atoms with Crippen LogP contribution in [0.4, 0.5) is 0 Å². The number of benzene rings is 2. The molecule has 2 aromatic rings. The molecule has 0 saturated carbocycles. The molecular formula is C24H31ClN2O5. The van der Waals surface area contributed by atoms with Gasteiger partial charge in [-0.15, -0.1) is 0 Å². The Morgan fingerprint density at radius 2 is 1.66 bits per heavy atom. The summed E-state index contributed by atoms with van der Waals surface area (Å²) >= 11 is 5.99. The lowest BCUT2D eigenvalue weighted by atomic mass is 10.1. The van der Waals surface area contributed by atoms with Crippen LogP contribution in [0.15, 0.2) is 42.5 Å². The van der Waals surface area contributed by atoms with Gasteiger partial charge in [-0.05, 0) is 48.7 Å². The van der Waals surface area contributed by atoms with Crippen molar-refractivity contribution in [1.29, 1.82) is 0 Å². The first-order chi connectivity index (χ1) is 15.4. The van der Waals surface area contributed by atoms with Crippen LogP contribution in [0.2, 0.25) is 5.02 Å². The lowest BCUT2D eigenvalue weighted by Crippen LogP contribution is -2.48. The highest BCUT2D eigenvalue weighted by molar-refractivity contribution is 6.30. The third kappa shape index (κ3) is 7.43. The zero-order valence-corrected chi connectivity index (χ0v) is 19.8. The van der Waals surface area contributed by atoms with E-state index in [1.54, 1.807) is 57.4 Å². The summed E-state index contributed by atoms with van der Waals surface area (Å²) in [5, 5.41) is 3.49. The molecule has 8 heteroatoms. The molecule has 2 amide bonds. The first-order valence-corrected chi connectivity index (χ1v) is 10.8. The molecule has 1 N–H and O–H groups in total. The molecule has 0 aromatic heterocycles.